The molecule has 2 heterocycles. The normalized spacial score (nSPS) is 13.9. The van der Waals surface area contributed by atoms with E-state index in [4.69, 9.17) is 4.74 Å². The Morgan fingerprint density at radius 3 is 2.41 bits per heavy atom. The Morgan fingerprint density at radius 2 is 1.76 bits per heavy atom. The van der Waals surface area contributed by atoms with Crippen LogP contribution >= 0.6 is 0 Å². The molecule has 0 radical (unpaired) electrons. The molecule has 0 saturated carbocycles. The number of rotatable bonds is 6. The number of amides is 2. The Hall–Kier alpha value is -3.09. The van der Waals surface area contributed by atoms with Crippen LogP contribution in [0.1, 0.15) is 12.5 Å². The monoisotopic (exact) mass is 396 g/mol. The van der Waals surface area contributed by atoms with E-state index in [1.807, 2.05) is 43.3 Å². The number of carbonyl (C=O) groups excluding carboxylic acids is 2. The van der Waals surface area contributed by atoms with Gasteiger partial charge in [0.05, 0.1) is 12.8 Å². The van der Waals surface area contributed by atoms with Gasteiger partial charge in [0.15, 0.2) is 0 Å². The van der Waals surface area contributed by atoms with Gasteiger partial charge in [0.2, 0.25) is 0 Å². The highest BCUT2D eigenvalue weighted by Crippen LogP contribution is 2.28. The topological polar surface area (TPSA) is 66.0 Å². The molecular weight excluding hydrogens is 368 g/mol. The number of hydrogen-bond donors (Lipinski definition) is 0. The molecule has 2 aromatic rings. The molecule has 7 nitrogen and oxygen atoms in total. The Kier molecular flexibility index (Phi) is 7.05. The zero-order chi connectivity index (χ0) is 20.6. The van der Waals surface area contributed by atoms with Crippen LogP contribution in [0.3, 0.4) is 0 Å². The van der Waals surface area contributed by atoms with E-state index in [9.17, 15) is 9.59 Å². The van der Waals surface area contributed by atoms with E-state index in [0.717, 1.165) is 17.0 Å². The summed E-state index contributed by atoms with van der Waals surface area (Å²) in [6.07, 6.45) is 4.18. The molecule has 1 fully saturated rings. The van der Waals surface area contributed by atoms with Gasteiger partial charge in [-0.25, -0.2) is 0 Å². The highest BCUT2D eigenvalue weighted by Gasteiger charge is 2.29. The molecule has 2 amide bonds. The third-order valence-electron chi connectivity index (χ3n) is 5.26. The second-order valence-corrected chi connectivity index (χ2v) is 6.94. The molecule has 0 N–H and O–H groups in total. The van der Waals surface area contributed by atoms with Gasteiger partial charge < -0.3 is 19.4 Å². The first kappa shape index (κ1) is 20.6. The summed E-state index contributed by atoms with van der Waals surface area (Å²) >= 11 is 0. The van der Waals surface area contributed by atoms with Crippen LogP contribution in [0.2, 0.25) is 0 Å². The van der Waals surface area contributed by atoms with E-state index >= 15 is 0 Å². The number of carbonyl (C=O) groups is 2. The van der Waals surface area contributed by atoms with Crippen LogP contribution in [0.25, 0.3) is 0 Å². The molecule has 0 atom stereocenters. The summed E-state index contributed by atoms with van der Waals surface area (Å²) in [5, 5.41) is 0. The zero-order valence-corrected chi connectivity index (χ0v) is 17.1. The van der Waals surface area contributed by atoms with Crippen molar-refractivity contribution < 1.29 is 14.3 Å². The van der Waals surface area contributed by atoms with Gasteiger partial charge in [-0.1, -0.05) is 12.1 Å². The molecule has 0 unspecified atom stereocenters. The number of ether oxygens (including phenoxy) is 1. The number of methoxy groups -OCH3 is 1. The second kappa shape index (κ2) is 9.91. The van der Waals surface area contributed by atoms with Crippen LogP contribution in [0.4, 0.5) is 5.69 Å². The van der Waals surface area contributed by atoms with Crippen molar-refractivity contribution in [3.63, 3.8) is 0 Å². The molecule has 1 saturated heterocycles. The van der Waals surface area contributed by atoms with Crippen LogP contribution in [0.5, 0.6) is 5.75 Å². The molecule has 1 aliphatic heterocycles. The van der Waals surface area contributed by atoms with Crippen molar-refractivity contribution in [1.29, 1.82) is 0 Å². The van der Waals surface area contributed by atoms with E-state index < -0.39 is 11.8 Å². The van der Waals surface area contributed by atoms with Crippen molar-refractivity contribution in [2.75, 3.05) is 51.3 Å². The van der Waals surface area contributed by atoms with Crippen molar-refractivity contribution >= 4 is 17.5 Å². The number of para-hydroxylation sites is 2. The van der Waals surface area contributed by atoms with Crippen LogP contribution in [0.15, 0.2) is 48.8 Å². The summed E-state index contributed by atoms with van der Waals surface area (Å²) in [5.41, 5.74) is 2.12. The molecule has 0 spiro atoms. The molecule has 0 bridgehead atoms. The van der Waals surface area contributed by atoms with Gasteiger partial charge in [-0.2, -0.15) is 0 Å². The largest absolute Gasteiger partial charge is 0.495 e. The number of anilines is 1. The second-order valence-electron chi connectivity index (χ2n) is 6.94. The van der Waals surface area contributed by atoms with E-state index in [1.165, 1.54) is 0 Å². The predicted octanol–water partition coefficient (Wildman–Crippen LogP) is 1.83. The molecule has 1 aromatic carbocycles. The molecular formula is C22H28N4O3. The zero-order valence-electron chi connectivity index (χ0n) is 17.1. The lowest BCUT2D eigenvalue weighted by Crippen LogP contribution is -2.53. The summed E-state index contributed by atoms with van der Waals surface area (Å²) in [4.78, 5) is 35.0. The van der Waals surface area contributed by atoms with Crippen molar-refractivity contribution in [2.45, 2.75) is 13.3 Å². The minimum absolute atomic E-state index is 0.416. The summed E-state index contributed by atoms with van der Waals surface area (Å²) in [6, 6.07) is 11.7. The number of aromatic nitrogens is 1. The number of benzene rings is 1. The number of nitrogens with zero attached hydrogens (tertiary/aromatic N) is 4. The summed E-state index contributed by atoms with van der Waals surface area (Å²) in [6.45, 7) is 5.31. The van der Waals surface area contributed by atoms with Crippen molar-refractivity contribution in [3.05, 3.63) is 54.4 Å². The maximum atomic E-state index is 12.8. The van der Waals surface area contributed by atoms with Gasteiger partial charge in [0, 0.05) is 51.7 Å². The fraction of sp³-hybridized carbons (Fsp3) is 0.409. The molecule has 29 heavy (non-hydrogen) atoms. The lowest BCUT2D eigenvalue weighted by molar-refractivity contribution is -0.151. The van der Waals surface area contributed by atoms with Crippen LogP contribution < -0.4 is 9.64 Å². The molecule has 3 rings (SSSR count). The summed E-state index contributed by atoms with van der Waals surface area (Å²) in [7, 11) is 1.66. The fourth-order valence-electron chi connectivity index (χ4n) is 3.53. The molecule has 154 valence electrons. The fourth-order valence-corrected chi connectivity index (χ4v) is 3.53. The highest BCUT2D eigenvalue weighted by molar-refractivity contribution is 6.34. The van der Waals surface area contributed by atoms with E-state index in [2.05, 4.69) is 9.88 Å². The lowest BCUT2D eigenvalue weighted by Gasteiger charge is -2.37. The van der Waals surface area contributed by atoms with Gasteiger partial charge in [0.25, 0.3) is 0 Å². The highest BCUT2D eigenvalue weighted by atomic mass is 16.5. The van der Waals surface area contributed by atoms with Gasteiger partial charge in [0.1, 0.15) is 5.75 Å². The van der Waals surface area contributed by atoms with Crippen molar-refractivity contribution in [1.82, 2.24) is 14.8 Å². The lowest BCUT2D eigenvalue weighted by atomic mass is 10.2. The maximum absolute atomic E-state index is 12.8. The number of pyridine rings is 1. The third-order valence-corrected chi connectivity index (χ3v) is 5.26. The Labute approximate surface area is 171 Å². The van der Waals surface area contributed by atoms with Crippen LogP contribution in [0, 0.1) is 0 Å². The summed E-state index contributed by atoms with van der Waals surface area (Å²) in [5.74, 6) is -0.0230. The Morgan fingerprint density at radius 1 is 1.07 bits per heavy atom. The maximum Gasteiger partial charge on any atom is 0.312 e. The van der Waals surface area contributed by atoms with Gasteiger partial charge in [-0.05, 0) is 43.2 Å². The molecule has 0 aliphatic carbocycles. The van der Waals surface area contributed by atoms with Gasteiger partial charge in [-0.3, -0.25) is 14.6 Å². The van der Waals surface area contributed by atoms with Crippen molar-refractivity contribution in [3.8, 4) is 5.75 Å². The Bertz CT molecular complexity index is 820. The first-order valence-corrected chi connectivity index (χ1v) is 9.99. The smallest absolute Gasteiger partial charge is 0.312 e. The Balaban J connectivity index is 1.55. The average molecular weight is 396 g/mol. The third kappa shape index (κ3) is 5.04. The first-order chi connectivity index (χ1) is 14.1. The van der Waals surface area contributed by atoms with Crippen LogP contribution in [-0.4, -0.2) is 73.0 Å². The number of piperazine rings is 1. The van der Waals surface area contributed by atoms with Gasteiger partial charge >= 0.3 is 11.8 Å². The standard InChI is InChI=1S/C22H28N4O3/c1-3-24(13-10-18-8-11-23-12-9-18)21(27)22(28)26-16-14-25(15-17-26)19-6-4-5-7-20(19)29-2/h4-9,11-12H,3,10,13-17H2,1-2H3. The number of hydrogen-bond acceptors (Lipinski definition) is 5. The van der Waals surface area contributed by atoms with E-state index in [-0.39, 0.29) is 0 Å². The molecule has 1 aromatic heterocycles. The van der Waals surface area contributed by atoms with E-state index in [0.29, 0.717) is 45.7 Å². The molecule has 7 heteroatoms. The number of likely N-dealkylation sites (N-methyl/N-ethyl adjacent to an activating group) is 1. The summed E-state index contributed by atoms with van der Waals surface area (Å²) < 4.78 is 5.43. The minimum Gasteiger partial charge on any atom is -0.495 e. The van der Waals surface area contributed by atoms with Crippen molar-refractivity contribution in [2.24, 2.45) is 0 Å². The first-order valence-electron chi connectivity index (χ1n) is 9.99. The van der Waals surface area contributed by atoms with Crippen LogP contribution in [-0.2, 0) is 16.0 Å². The SMILES string of the molecule is CCN(CCc1ccncc1)C(=O)C(=O)N1CCN(c2ccccc2OC)CC1. The van der Waals surface area contributed by atoms with Gasteiger partial charge in [-0.15, -0.1) is 0 Å². The quantitative estimate of drug-likeness (QED) is 0.697. The minimum atomic E-state index is -0.424. The van der Waals surface area contributed by atoms with E-state index in [1.54, 1.807) is 29.3 Å². The predicted molar refractivity (Wildman–Crippen MR) is 112 cm³/mol. The average Bonchev–Trinajstić information content (AvgIpc) is 2.79. The molecule has 1 aliphatic rings.